The summed E-state index contributed by atoms with van der Waals surface area (Å²) in [5.74, 6) is 0. The van der Waals surface area contributed by atoms with E-state index in [1.165, 1.54) is 6.07 Å². The number of halogens is 4. The lowest BCUT2D eigenvalue weighted by molar-refractivity contribution is -0.0327. The van der Waals surface area contributed by atoms with Crippen molar-refractivity contribution in [1.82, 2.24) is 0 Å². The first-order valence-corrected chi connectivity index (χ1v) is 5.93. The van der Waals surface area contributed by atoms with Crippen molar-refractivity contribution in [2.24, 2.45) is 0 Å². The van der Waals surface area contributed by atoms with Gasteiger partial charge in [-0.05, 0) is 48.2 Å². The van der Waals surface area contributed by atoms with Crippen LogP contribution in [-0.4, -0.2) is 5.51 Å². The molecule has 1 nitrogen and oxygen atoms in total. The molecule has 1 aromatic rings. The molecule has 0 atom stereocenters. The molecule has 6 heteroatoms. The highest BCUT2D eigenvalue weighted by Gasteiger charge is 2.32. The van der Waals surface area contributed by atoms with Crippen molar-refractivity contribution in [3.05, 3.63) is 22.2 Å². The summed E-state index contributed by atoms with van der Waals surface area (Å²) in [7, 11) is 0. The topological polar surface area (TPSA) is 26.0 Å². The van der Waals surface area contributed by atoms with Gasteiger partial charge >= 0.3 is 5.51 Å². The highest BCUT2D eigenvalue weighted by atomic mass is 35.5. The van der Waals surface area contributed by atoms with E-state index >= 15 is 0 Å². The molecule has 1 aromatic carbocycles. The van der Waals surface area contributed by atoms with E-state index in [0.717, 1.165) is 24.0 Å². The third-order valence-electron chi connectivity index (χ3n) is 2.58. The molecule has 0 radical (unpaired) electrons. The van der Waals surface area contributed by atoms with Gasteiger partial charge in [0.2, 0.25) is 0 Å². The van der Waals surface area contributed by atoms with Gasteiger partial charge in [-0.3, -0.25) is 0 Å². The van der Waals surface area contributed by atoms with Gasteiger partial charge in [-0.15, -0.1) is 0 Å². The van der Waals surface area contributed by atoms with E-state index in [1.54, 1.807) is 0 Å². The molecule has 1 aliphatic carbocycles. The lowest BCUT2D eigenvalue weighted by Crippen LogP contribution is -2.03. The molecule has 0 fully saturated rings. The first-order valence-electron chi connectivity index (χ1n) is 4.74. The van der Waals surface area contributed by atoms with Crippen LogP contribution in [0.5, 0.6) is 0 Å². The fraction of sp³-hybridized carbons (Fsp3) is 0.400. The molecule has 16 heavy (non-hydrogen) atoms. The largest absolute Gasteiger partial charge is 0.446 e. The van der Waals surface area contributed by atoms with E-state index in [4.69, 9.17) is 17.3 Å². The molecule has 88 valence electrons. The van der Waals surface area contributed by atoms with Crippen LogP contribution in [0.1, 0.15) is 17.5 Å². The van der Waals surface area contributed by atoms with Crippen molar-refractivity contribution < 1.29 is 13.2 Å². The Hall–Kier alpha value is -0.550. The number of rotatable bonds is 1. The zero-order valence-corrected chi connectivity index (χ0v) is 9.77. The summed E-state index contributed by atoms with van der Waals surface area (Å²) in [6.45, 7) is 0. The molecule has 0 spiro atoms. The van der Waals surface area contributed by atoms with Crippen molar-refractivity contribution in [2.75, 3.05) is 5.73 Å². The molecule has 0 bridgehead atoms. The second-order valence-electron chi connectivity index (χ2n) is 3.63. The molecular weight excluding hydrogens is 259 g/mol. The fourth-order valence-electron chi connectivity index (χ4n) is 1.94. The van der Waals surface area contributed by atoms with Gasteiger partial charge in [-0.1, -0.05) is 11.6 Å². The number of anilines is 1. The molecule has 1 aliphatic rings. The van der Waals surface area contributed by atoms with Crippen LogP contribution < -0.4 is 5.73 Å². The maximum absolute atomic E-state index is 12.3. The standard InChI is InChI=1S/C10H9ClF3NS/c11-7-4-8(16-10(12,13)14)9(15)6-3-1-2-5(6)7/h4H,1-3,15H2. The summed E-state index contributed by atoms with van der Waals surface area (Å²) in [4.78, 5) is 0.0122. The van der Waals surface area contributed by atoms with Gasteiger partial charge in [0.25, 0.3) is 0 Å². The molecule has 0 unspecified atom stereocenters. The Kier molecular flexibility index (Phi) is 3.01. The zero-order valence-electron chi connectivity index (χ0n) is 8.20. The summed E-state index contributed by atoms with van der Waals surface area (Å²) < 4.78 is 36.8. The third-order valence-corrected chi connectivity index (χ3v) is 3.71. The highest BCUT2D eigenvalue weighted by Crippen LogP contribution is 2.45. The number of nitrogens with two attached hydrogens (primary N) is 1. The van der Waals surface area contributed by atoms with E-state index in [9.17, 15) is 13.2 Å². The van der Waals surface area contributed by atoms with Crippen LogP contribution in [0.25, 0.3) is 0 Å². The summed E-state index contributed by atoms with van der Waals surface area (Å²) in [6.07, 6.45) is 2.42. The molecular formula is C10H9ClF3NS. The van der Waals surface area contributed by atoms with E-state index in [-0.39, 0.29) is 22.3 Å². The van der Waals surface area contributed by atoms with E-state index in [2.05, 4.69) is 0 Å². The SMILES string of the molecule is Nc1c(SC(F)(F)F)cc(Cl)c2c1CCC2. The molecule has 0 aliphatic heterocycles. The van der Waals surface area contributed by atoms with Gasteiger partial charge in [0.05, 0.1) is 0 Å². The predicted octanol–water partition coefficient (Wildman–Crippen LogP) is 4.02. The lowest BCUT2D eigenvalue weighted by Gasteiger charge is -2.13. The van der Waals surface area contributed by atoms with Gasteiger partial charge in [0, 0.05) is 15.6 Å². The summed E-state index contributed by atoms with van der Waals surface area (Å²) in [5, 5.41) is 0.397. The average molecular weight is 268 g/mol. The second kappa shape index (κ2) is 4.04. The highest BCUT2D eigenvalue weighted by molar-refractivity contribution is 8.00. The third kappa shape index (κ3) is 2.25. The van der Waals surface area contributed by atoms with Crippen molar-refractivity contribution in [2.45, 2.75) is 29.7 Å². The van der Waals surface area contributed by atoms with Crippen LogP contribution in [0.15, 0.2) is 11.0 Å². The molecule has 0 aromatic heterocycles. The minimum Gasteiger partial charge on any atom is -0.398 e. The van der Waals surface area contributed by atoms with Crippen molar-refractivity contribution in [3.63, 3.8) is 0 Å². The Bertz CT molecular complexity index is 431. The van der Waals surface area contributed by atoms with Gasteiger partial charge in [0.1, 0.15) is 0 Å². The number of benzene rings is 1. The Morgan fingerprint density at radius 1 is 1.25 bits per heavy atom. The number of fused-ring (bicyclic) bond motifs is 1. The lowest BCUT2D eigenvalue weighted by atomic mass is 10.1. The molecule has 2 rings (SSSR count). The molecule has 0 saturated heterocycles. The van der Waals surface area contributed by atoms with E-state index in [1.807, 2.05) is 0 Å². The minimum atomic E-state index is -4.33. The van der Waals surface area contributed by atoms with Crippen LogP contribution in [0.3, 0.4) is 0 Å². The number of nitrogen functional groups attached to an aromatic ring is 1. The fourth-order valence-corrected chi connectivity index (χ4v) is 2.98. The van der Waals surface area contributed by atoms with Crippen molar-refractivity contribution >= 4 is 29.1 Å². The van der Waals surface area contributed by atoms with Gasteiger partial charge < -0.3 is 5.73 Å². The number of hydrogen-bond donors (Lipinski definition) is 1. The van der Waals surface area contributed by atoms with Crippen LogP contribution in [0.2, 0.25) is 5.02 Å². The van der Waals surface area contributed by atoms with Crippen LogP contribution >= 0.6 is 23.4 Å². The first-order chi connectivity index (χ1) is 7.38. The zero-order chi connectivity index (χ0) is 11.9. The summed E-state index contributed by atoms with van der Waals surface area (Å²) in [5.41, 5.74) is 3.34. The maximum atomic E-state index is 12.3. The Morgan fingerprint density at radius 2 is 1.88 bits per heavy atom. The Balaban J connectivity index is 2.45. The van der Waals surface area contributed by atoms with Gasteiger partial charge in [-0.2, -0.15) is 13.2 Å². The van der Waals surface area contributed by atoms with Crippen molar-refractivity contribution in [1.29, 1.82) is 0 Å². The molecule has 2 N–H and O–H groups in total. The second-order valence-corrected chi connectivity index (χ2v) is 5.14. The minimum absolute atomic E-state index is 0.0122. The average Bonchev–Trinajstić information content (AvgIpc) is 2.60. The molecule has 0 amide bonds. The van der Waals surface area contributed by atoms with Crippen LogP contribution in [0, 0.1) is 0 Å². The van der Waals surface area contributed by atoms with Gasteiger partial charge in [0.15, 0.2) is 0 Å². The first kappa shape index (κ1) is 11.9. The number of alkyl halides is 3. The predicted molar refractivity (Wildman–Crippen MR) is 59.8 cm³/mol. The molecule has 0 saturated carbocycles. The summed E-state index contributed by atoms with van der Waals surface area (Å²) in [6, 6.07) is 1.32. The monoisotopic (exact) mass is 267 g/mol. The Morgan fingerprint density at radius 3 is 2.50 bits per heavy atom. The van der Waals surface area contributed by atoms with Crippen molar-refractivity contribution in [3.8, 4) is 0 Å². The van der Waals surface area contributed by atoms with Crippen LogP contribution in [-0.2, 0) is 12.8 Å². The maximum Gasteiger partial charge on any atom is 0.446 e. The smallest absolute Gasteiger partial charge is 0.398 e. The summed E-state index contributed by atoms with van der Waals surface area (Å²) >= 11 is 5.74. The van der Waals surface area contributed by atoms with Gasteiger partial charge in [-0.25, -0.2) is 0 Å². The van der Waals surface area contributed by atoms with E-state index in [0.29, 0.717) is 11.4 Å². The number of hydrogen-bond acceptors (Lipinski definition) is 2. The van der Waals surface area contributed by atoms with Crippen LogP contribution in [0.4, 0.5) is 18.9 Å². The molecule has 0 heterocycles. The normalized spacial score (nSPS) is 15.2. The van der Waals surface area contributed by atoms with E-state index < -0.39 is 5.51 Å². The Labute approximate surface area is 100 Å². The quantitative estimate of drug-likeness (QED) is 0.614. The number of thioether (sulfide) groups is 1.